The minimum absolute atomic E-state index is 0.0777. The zero-order valence-electron chi connectivity index (χ0n) is 13.3. The number of aromatic nitrogens is 2. The van der Waals surface area contributed by atoms with Crippen LogP contribution in [0.25, 0.3) is 0 Å². The molecule has 0 aliphatic carbocycles. The molecule has 1 amide bonds. The molecule has 2 aliphatic heterocycles. The van der Waals surface area contributed by atoms with Crippen molar-refractivity contribution in [2.75, 3.05) is 25.1 Å². The number of hydrazine groups is 1. The summed E-state index contributed by atoms with van der Waals surface area (Å²) in [7, 11) is 1.81. The maximum atomic E-state index is 12.6. The first-order chi connectivity index (χ1) is 11.7. The topological polar surface area (TPSA) is 89.4 Å². The van der Waals surface area contributed by atoms with Crippen LogP contribution in [0.3, 0.4) is 0 Å². The fourth-order valence-electron chi connectivity index (χ4n) is 3.01. The Morgan fingerprint density at radius 3 is 2.92 bits per heavy atom. The van der Waals surface area contributed by atoms with Gasteiger partial charge in [-0.3, -0.25) is 14.9 Å². The molecule has 2 aromatic rings. The van der Waals surface area contributed by atoms with Gasteiger partial charge in [-0.05, 0) is 17.7 Å². The standard InChI is InChI=1S/C16H19N5O3/c1-21-5-4-14(20-21)18-16(22)11-9-17-19-15(11)10-2-3-12-13(8-10)24-7-6-23-12/h2-5,8,11,15,17,19H,6-7,9H2,1H3,(H,18,20,22). The Morgan fingerprint density at radius 2 is 2.12 bits per heavy atom. The molecule has 3 heterocycles. The number of rotatable bonds is 3. The fraction of sp³-hybridized carbons (Fsp3) is 0.375. The lowest BCUT2D eigenvalue weighted by Crippen LogP contribution is -2.30. The quantitative estimate of drug-likeness (QED) is 0.764. The Hall–Kier alpha value is -2.58. The molecule has 4 rings (SSSR count). The van der Waals surface area contributed by atoms with E-state index in [-0.39, 0.29) is 17.9 Å². The van der Waals surface area contributed by atoms with Gasteiger partial charge in [0.25, 0.3) is 0 Å². The summed E-state index contributed by atoms with van der Waals surface area (Å²) >= 11 is 0. The smallest absolute Gasteiger partial charge is 0.232 e. The van der Waals surface area contributed by atoms with Gasteiger partial charge in [0.2, 0.25) is 5.91 Å². The van der Waals surface area contributed by atoms with Crippen LogP contribution < -0.4 is 25.6 Å². The fourth-order valence-corrected chi connectivity index (χ4v) is 3.01. The summed E-state index contributed by atoms with van der Waals surface area (Å²) < 4.78 is 12.8. The van der Waals surface area contributed by atoms with E-state index >= 15 is 0 Å². The normalized spacial score (nSPS) is 22.4. The van der Waals surface area contributed by atoms with E-state index in [1.54, 1.807) is 16.9 Å². The lowest BCUT2D eigenvalue weighted by Gasteiger charge is -2.22. The average Bonchev–Trinajstić information content (AvgIpc) is 3.23. The Morgan fingerprint density at radius 1 is 1.29 bits per heavy atom. The van der Waals surface area contributed by atoms with Crippen molar-refractivity contribution in [1.29, 1.82) is 0 Å². The van der Waals surface area contributed by atoms with Crippen LogP contribution >= 0.6 is 0 Å². The van der Waals surface area contributed by atoms with Crippen molar-refractivity contribution in [2.45, 2.75) is 6.04 Å². The van der Waals surface area contributed by atoms with E-state index in [4.69, 9.17) is 9.47 Å². The number of fused-ring (bicyclic) bond motifs is 1. The van der Waals surface area contributed by atoms with E-state index in [2.05, 4.69) is 21.3 Å². The van der Waals surface area contributed by atoms with E-state index in [0.29, 0.717) is 25.6 Å². The third-order valence-electron chi connectivity index (χ3n) is 4.21. The van der Waals surface area contributed by atoms with E-state index in [9.17, 15) is 4.79 Å². The summed E-state index contributed by atoms with van der Waals surface area (Å²) in [6.07, 6.45) is 1.79. The highest BCUT2D eigenvalue weighted by Crippen LogP contribution is 2.35. The minimum Gasteiger partial charge on any atom is -0.486 e. The second kappa shape index (κ2) is 6.14. The van der Waals surface area contributed by atoms with Gasteiger partial charge >= 0.3 is 0 Å². The van der Waals surface area contributed by atoms with Crippen LogP contribution in [-0.2, 0) is 11.8 Å². The molecule has 0 bridgehead atoms. The number of aryl methyl sites for hydroxylation is 1. The molecule has 0 saturated carbocycles. The maximum Gasteiger partial charge on any atom is 0.232 e. The molecule has 3 N–H and O–H groups in total. The summed E-state index contributed by atoms with van der Waals surface area (Å²) in [4.78, 5) is 12.6. The highest BCUT2D eigenvalue weighted by molar-refractivity contribution is 5.92. The molecule has 1 aromatic carbocycles. The third-order valence-corrected chi connectivity index (χ3v) is 4.21. The lowest BCUT2D eigenvalue weighted by atomic mass is 9.94. The van der Waals surface area contributed by atoms with Gasteiger partial charge in [-0.15, -0.1) is 0 Å². The first-order valence-electron chi connectivity index (χ1n) is 7.89. The largest absolute Gasteiger partial charge is 0.486 e. The number of ether oxygens (including phenoxy) is 2. The second-order valence-corrected chi connectivity index (χ2v) is 5.88. The van der Waals surface area contributed by atoms with Crippen LogP contribution in [0.15, 0.2) is 30.5 Å². The zero-order valence-corrected chi connectivity index (χ0v) is 13.3. The summed E-state index contributed by atoms with van der Waals surface area (Å²) in [6, 6.07) is 7.40. The Bertz CT molecular complexity index is 760. The molecule has 0 radical (unpaired) electrons. The molecule has 2 aliphatic rings. The van der Waals surface area contributed by atoms with Gasteiger partial charge in [-0.2, -0.15) is 5.10 Å². The number of anilines is 1. The van der Waals surface area contributed by atoms with Crippen molar-refractivity contribution in [3.05, 3.63) is 36.0 Å². The van der Waals surface area contributed by atoms with Crippen LogP contribution in [0.5, 0.6) is 11.5 Å². The SMILES string of the molecule is Cn1ccc(NC(=O)C2CNNC2c2ccc3c(c2)OCCO3)n1. The molecule has 126 valence electrons. The number of nitrogens with one attached hydrogen (secondary N) is 3. The first-order valence-corrected chi connectivity index (χ1v) is 7.89. The average molecular weight is 329 g/mol. The summed E-state index contributed by atoms with van der Waals surface area (Å²) in [5, 5.41) is 7.04. The van der Waals surface area contributed by atoms with Gasteiger partial charge in [0.05, 0.1) is 12.0 Å². The number of hydrogen-bond donors (Lipinski definition) is 3. The lowest BCUT2D eigenvalue weighted by molar-refractivity contribution is -0.119. The molecule has 8 nitrogen and oxygen atoms in total. The number of carbonyl (C=O) groups excluding carboxylic acids is 1. The van der Waals surface area contributed by atoms with Crippen LogP contribution in [0.1, 0.15) is 11.6 Å². The van der Waals surface area contributed by atoms with Crippen molar-refractivity contribution in [3.63, 3.8) is 0 Å². The van der Waals surface area contributed by atoms with Gasteiger partial charge in [0.15, 0.2) is 17.3 Å². The molecule has 24 heavy (non-hydrogen) atoms. The van der Waals surface area contributed by atoms with Crippen molar-refractivity contribution >= 4 is 11.7 Å². The van der Waals surface area contributed by atoms with E-state index in [0.717, 1.165) is 17.1 Å². The summed E-state index contributed by atoms with van der Waals surface area (Å²) in [5.74, 6) is 1.68. The van der Waals surface area contributed by atoms with Crippen molar-refractivity contribution < 1.29 is 14.3 Å². The van der Waals surface area contributed by atoms with Gasteiger partial charge in [0, 0.05) is 25.9 Å². The number of carbonyl (C=O) groups is 1. The van der Waals surface area contributed by atoms with Gasteiger partial charge in [-0.1, -0.05) is 6.07 Å². The molecule has 1 fully saturated rings. The van der Waals surface area contributed by atoms with Crippen molar-refractivity contribution in [3.8, 4) is 11.5 Å². The van der Waals surface area contributed by atoms with Crippen LogP contribution in [0.4, 0.5) is 5.82 Å². The molecule has 1 saturated heterocycles. The van der Waals surface area contributed by atoms with Crippen LogP contribution in [0.2, 0.25) is 0 Å². The summed E-state index contributed by atoms with van der Waals surface area (Å²) in [6.45, 7) is 1.64. The highest BCUT2D eigenvalue weighted by Gasteiger charge is 2.35. The third kappa shape index (κ3) is 2.81. The molecule has 2 unspecified atom stereocenters. The zero-order chi connectivity index (χ0) is 16.5. The Balaban J connectivity index is 1.53. The predicted octanol–water partition coefficient (Wildman–Crippen LogP) is 0.595. The minimum atomic E-state index is -0.255. The Kier molecular flexibility index (Phi) is 3.83. The number of hydrogen-bond acceptors (Lipinski definition) is 6. The summed E-state index contributed by atoms with van der Waals surface area (Å²) in [5.41, 5.74) is 7.21. The number of amides is 1. The molecular formula is C16H19N5O3. The van der Waals surface area contributed by atoms with E-state index < -0.39 is 0 Å². The molecular weight excluding hydrogens is 310 g/mol. The Labute approximate surface area is 139 Å². The van der Waals surface area contributed by atoms with E-state index in [1.807, 2.05) is 25.2 Å². The second-order valence-electron chi connectivity index (χ2n) is 5.88. The van der Waals surface area contributed by atoms with Crippen LogP contribution in [-0.4, -0.2) is 35.4 Å². The first kappa shape index (κ1) is 15.0. The highest BCUT2D eigenvalue weighted by atomic mass is 16.6. The predicted molar refractivity (Wildman–Crippen MR) is 86.6 cm³/mol. The van der Waals surface area contributed by atoms with Crippen molar-refractivity contribution in [2.24, 2.45) is 13.0 Å². The number of nitrogens with zero attached hydrogens (tertiary/aromatic N) is 2. The van der Waals surface area contributed by atoms with E-state index in [1.165, 1.54) is 0 Å². The molecule has 8 heteroatoms. The number of benzene rings is 1. The molecule has 1 aromatic heterocycles. The van der Waals surface area contributed by atoms with Crippen molar-refractivity contribution in [1.82, 2.24) is 20.6 Å². The monoisotopic (exact) mass is 329 g/mol. The van der Waals surface area contributed by atoms with Crippen LogP contribution in [0, 0.1) is 5.92 Å². The van der Waals surface area contributed by atoms with Gasteiger partial charge < -0.3 is 14.8 Å². The van der Waals surface area contributed by atoms with Gasteiger partial charge in [-0.25, -0.2) is 5.43 Å². The molecule has 0 spiro atoms. The maximum absolute atomic E-state index is 12.6. The molecule has 2 atom stereocenters. The van der Waals surface area contributed by atoms with Gasteiger partial charge in [0.1, 0.15) is 13.2 Å².